The molecule has 1 unspecified atom stereocenters. The monoisotopic (exact) mass is 279 g/mol. The van der Waals surface area contributed by atoms with Crippen LogP contribution >= 0.6 is 11.3 Å². The maximum absolute atomic E-state index is 10.7. The van der Waals surface area contributed by atoms with Crippen molar-refractivity contribution in [3.8, 4) is 0 Å². The Balaban J connectivity index is 2.10. The van der Waals surface area contributed by atoms with Gasteiger partial charge in [0.1, 0.15) is 17.0 Å². The van der Waals surface area contributed by atoms with Gasteiger partial charge in [-0.1, -0.05) is 13.3 Å². The molecule has 0 saturated carbocycles. The van der Waals surface area contributed by atoms with E-state index in [1.807, 2.05) is 13.8 Å². The molecule has 102 valence electrons. The summed E-state index contributed by atoms with van der Waals surface area (Å²) in [4.78, 5) is 21.4. The zero-order valence-electron chi connectivity index (χ0n) is 11.0. The summed E-state index contributed by atoms with van der Waals surface area (Å²) in [7, 11) is 0. The number of rotatable bonds is 6. The normalized spacial score (nSPS) is 12.5. The highest BCUT2D eigenvalue weighted by atomic mass is 32.1. The van der Waals surface area contributed by atoms with Crippen LogP contribution in [0.25, 0.3) is 10.2 Å². The predicted molar refractivity (Wildman–Crippen MR) is 76.7 cm³/mol. The number of fused-ring (bicyclic) bond motifs is 1. The molecule has 1 atom stereocenters. The highest BCUT2D eigenvalue weighted by molar-refractivity contribution is 7.18. The molecule has 0 saturated heterocycles. The molecular weight excluding hydrogens is 262 g/mol. The van der Waals surface area contributed by atoms with E-state index in [1.165, 1.54) is 4.88 Å². The predicted octanol–water partition coefficient (Wildman–Crippen LogP) is 2.91. The molecule has 0 spiro atoms. The lowest BCUT2D eigenvalue weighted by Gasteiger charge is -2.14. The van der Waals surface area contributed by atoms with Crippen molar-refractivity contribution in [2.75, 3.05) is 11.9 Å². The highest BCUT2D eigenvalue weighted by Crippen LogP contribution is 2.27. The average Bonchev–Trinajstić information content (AvgIpc) is 2.74. The van der Waals surface area contributed by atoms with Gasteiger partial charge in [-0.25, -0.2) is 9.97 Å². The van der Waals surface area contributed by atoms with Crippen LogP contribution in [0.5, 0.6) is 0 Å². The summed E-state index contributed by atoms with van der Waals surface area (Å²) in [5.41, 5.74) is 0. The molecule has 5 nitrogen and oxygen atoms in total. The lowest BCUT2D eigenvalue weighted by atomic mass is 10.0. The van der Waals surface area contributed by atoms with Crippen LogP contribution < -0.4 is 5.32 Å². The number of carboxylic acid groups (broad SMARTS) is 1. The Labute approximate surface area is 115 Å². The van der Waals surface area contributed by atoms with Gasteiger partial charge in [-0.2, -0.15) is 0 Å². The van der Waals surface area contributed by atoms with Crippen molar-refractivity contribution >= 4 is 33.3 Å². The van der Waals surface area contributed by atoms with Crippen molar-refractivity contribution < 1.29 is 9.90 Å². The van der Waals surface area contributed by atoms with Crippen molar-refractivity contribution in [3.63, 3.8) is 0 Å². The fourth-order valence-corrected chi connectivity index (χ4v) is 2.81. The summed E-state index contributed by atoms with van der Waals surface area (Å²) in [5, 5.41) is 13.1. The first-order valence-electron chi connectivity index (χ1n) is 6.27. The van der Waals surface area contributed by atoms with Crippen LogP contribution in [0.1, 0.15) is 24.6 Å². The van der Waals surface area contributed by atoms with Crippen LogP contribution in [0.2, 0.25) is 0 Å². The molecule has 0 aliphatic carbocycles. The molecule has 2 heterocycles. The van der Waals surface area contributed by atoms with E-state index in [2.05, 4.69) is 21.4 Å². The third kappa shape index (κ3) is 3.41. The quantitative estimate of drug-likeness (QED) is 0.850. The van der Waals surface area contributed by atoms with Gasteiger partial charge in [0.25, 0.3) is 0 Å². The summed E-state index contributed by atoms with van der Waals surface area (Å²) in [5.74, 6) is 0.147. The largest absolute Gasteiger partial charge is 0.481 e. The van der Waals surface area contributed by atoms with Gasteiger partial charge in [0.15, 0.2) is 0 Å². The minimum Gasteiger partial charge on any atom is -0.481 e. The Morgan fingerprint density at radius 1 is 1.53 bits per heavy atom. The van der Waals surface area contributed by atoms with Crippen molar-refractivity contribution in [2.24, 2.45) is 5.92 Å². The van der Waals surface area contributed by atoms with Crippen LogP contribution in [0.3, 0.4) is 0 Å². The number of thiophene rings is 1. The van der Waals surface area contributed by atoms with Gasteiger partial charge < -0.3 is 10.4 Å². The van der Waals surface area contributed by atoms with Crippen molar-refractivity contribution in [3.05, 3.63) is 17.3 Å². The second-order valence-electron chi connectivity index (χ2n) is 4.55. The molecule has 0 aromatic carbocycles. The second-order valence-corrected chi connectivity index (χ2v) is 5.79. The standard InChI is InChI=1S/C13H17N3O2S/c1-3-9(5-11(17)18)6-14-12-10-4-8(2)19-13(10)16-7-15-12/h4,7,9H,3,5-6H2,1-2H3,(H,17,18)(H,14,15,16). The van der Waals surface area contributed by atoms with Crippen LogP contribution in [0.4, 0.5) is 5.82 Å². The minimum absolute atomic E-state index is 0.113. The fraction of sp³-hybridized carbons (Fsp3) is 0.462. The summed E-state index contributed by atoms with van der Waals surface area (Å²) >= 11 is 1.63. The van der Waals surface area contributed by atoms with E-state index in [9.17, 15) is 4.79 Å². The molecule has 6 heteroatoms. The van der Waals surface area contributed by atoms with E-state index < -0.39 is 5.97 Å². The SMILES string of the molecule is CCC(CNc1ncnc2sc(C)cc12)CC(=O)O. The van der Waals surface area contributed by atoms with E-state index in [-0.39, 0.29) is 12.3 Å². The molecule has 2 N–H and O–H groups in total. The molecule has 2 aromatic rings. The molecule has 0 fully saturated rings. The van der Waals surface area contributed by atoms with Crippen LogP contribution in [-0.2, 0) is 4.79 Å². The van der Waals surface area contributed by atoms with Gasteiger partial charge in [-0.3, -0.25) is 4.79 Å². The topological polar surface area (TPSA) is 75.1 Å². The lowest BCUT2D eigenvalue weighted by molar-refractivity contribution is -0.138. The van der Waals surface area contributed by atoms with Crippen LogP contribution in [-0.4, -0.2) is 27.6 Å². The van der Waals surface area contributed by atoms with Gasteiger partial charge in [0.05, 0.1) is 5.39 Å². The number of nitrogens with one attached hydrogen (secondary N) is 1. The van der Waals surface area contributed by atoms with E-state index >= 15 is 0 Å². The van der Waals surface area contributed by atoms with Gasteiger partial charge in [0.2, 0.25) is 0 Å². The third-order valence-corrected chi connectivity index (χ3v) is 4.01. The average molecular weight is 279 g/mol. The number of hydrogen-bond acceptors (Lipinski definition) is 5. The third-order valence-electron chi connectivity index (χ3n) is 3.05. The molecule has 0 aliphatic heterocycles. The number of carbonyl (C=O) groups is 1. The number of aromatic nitrogens is 2. The second kappa shape index (κ2) is 5.97. The molecule has 0 bridgehead atoms. The Morgan fingerprint density at radius 3 is 3.00 bits per heavy atom. The maximum atomic E-state index is 10.7. The number of nitrogens with zero attached hydrogens (tertiary/aromatic N) is 2. The Morgan fingerprint density at radius 2 is 2.32 bits per heavy atom. The first-order chi connectivity index (χ1) is 9.10. The zero-order chi connectivity index (χ0) is 13.8. The minimum atomic E-state index is -0.757. The van der Waals surface area contributed by atoms with Crippen molar-refractivity contribution in [1.29, 1.82) is 0 Å². The molecule has 0 aliphatic rings. The number of carboxylic acids is 1. The summed E-state index contributed by atoms with van der Waals surface area (Å²) in [6, 6.07) is 2.06. The van der Waals surface area contributed by atoms with Crippen molar-refractivity contribution in [2.45, 2.75) is 26.7 Å². The van der Waals surface area contributed by atoms with Gasteiger partial charge in [-0.05, 0) is 18.9 Å². The summed E-state index contributed by atoms with van der Waals surface area (Å²) < 4.78 is 0. The Kier molecular flexibility index (Phi) is 4.31. The summed E-state index contributed by atoms with van der Waals surface area (Å²) in [6.07, 6.45) is 2.55. The first-order valence-corrected chi connectivity index (χ1v) is 7.08. The maximum Gasteiger partial charge on any atom is 0.303 e. The number of anilines is 1. The number of hydrogen-bond donors (Lipinski definition) is 2. The fourth-order valence-electron chi connectivity index (χ4n) is 1.97. The Hall–Kier alpha value is -1.69. The molecule has 19 heavy (non-hydrogen) atoms. The summed E-state index contributed by atoms with van der Waals surface area (Å²) in [6.45, 7) is 4.65. The molecule has 2 rings (SSSR count). The Bertz CT molecular complexity index is 582. The number of aliphatic carboxylic acids is 1. The van der Waals surface area contributed by atoms with Crippen LogP contribution in [0, 0.1) is 12.8 Å². The van der Waals surface area contributed by atoms with E-state index in [0.717, 1.165) is 22.5 Å². The lowest BCUT2D eigenvalue weighted by Crippen LogP contribution is -2.17. The smallest absolute Gasteiger partial charge is 0.303 e. The van der Waals surface area contributed by atoms with Gasteiger partial charge in [-0.15, -0.1) is 11.3 Å². The van der Waals surface area contributed by atoms with Gasteiger partial charge >= 0.3 is 5.97 Å². The van der Waals surface area contributed by atoms with Crippen LogP contribution in [0.15, 0.2) is 12.4 Å². The first kappa shape index (κ1) is 13.7. The molecule has 2 aromatic heterocycles. The molecule has 0 radical (unpaired) electrons. The van der Waals surface area contributed by atoms with Gasteiger partial charge in [0, 0.05) is 17.8 Å². The highest BCUT2D eigenvalue weighted by Gasteiger charge is 2.12. The number of aryl methyl sites for hydroxylation is 1. The molecule has 0 amide bonds. The van der Waals surface area contributed by atoms with E-state index in [4.69, 9.17) is 5.11 Å². The van der Waals surface area contributed by atoms with E-state index in [0.29, 0.717) is 6.54 Å². The molecular formula is C13H17N3O2S. The van der Waals surface area contributed by atoms with E-state index in [1.54, 1.807) is 17.7 Å². The van der Waals surface area contributed by atoms with Crippen molar-refractivity contribution in [1.82, 2.24) is 9.97 Å². The zero-order valence-corrected chi connectivity index (χ0v) is 11.8.